The molecule has 0 aliphatic carbocycles. The number of fused-ring (bicyclic) bond motifs is 1. The van der Waals surface area contributed by atoms with Crippen molar-refractivity contribution in [3.05, 3.63) is 69.6 Å². The van der Waals surface area contributed by atoms with Crippen LogP contribution in [0.2, 0.25) is 0 Å². The van der Waals surface area contributed by atoms with Crippen LogP contribution in [0.1, 0.15) is 16.7 Å². The number of nitrogens with one attached hydrogen (secondary N) is 1. The highest BCUT2D eigenvalue weighted by molar-refractivity contribution is 8.00. The lowest BCUT2D eigenvalue weighted by atomic mass is 10.1. The highest BCUT2D eigenvalue weighted by atomic mass is 32.2. The Morgan fingerprint density at radius 2 is 1.68 bits per heavy atom. The molecule has 1 N–H and O–H groups in total. The van der Waals surface area contributed by atoms with Gasteiger partial charge in [0.15, 0.2) is 0 Å². The molecule has 4 heteroatoms. The van der Waals surface area contributed by atoms with Crippen molar-refractivity contribution in [2.75, 3.05) is 4.72 Å². The number of aryl methyl sites for hydroxylation is 3. The molecular weight excluding hydrogens is 294 g/mol. The van der Waals surface area contributed by atoms with Crippen LogP contribution in [0.4, 0.5) is 5.69 Å². The van der Waals surface area contributed by atoms with Gasteiger partial charge < -0.3 is 9.14 Å². The second kappa shape index (κ2) is 5.89. The molecule has 0 amide bonds. The standard InChI is InChI=1S/C18H17NO2S/c1-11-4-6-14(7-5-11)22-19-16-10-15-12(2)9-18(20)21-17(15)8-13(16)3/h4-10,19H,1-3H3. The van der Waals surface area contributed by atoms with Crippen molar-refractivity contribution < 1.29 is 4.42 Å². The van der Waals surface area contributed by atoms with Gasteiger partial charge in [0.25, 0.3) is 0 Å². The van der Waals surface area contributed by atoms with Crippen molar-refractivity contribution >= 4 is 28.6 Å². The van der Waals surface area contributed by atoms with Crippen molar-refractivity contribution in [3.63, 3.8) is 0 Å². The average Bonchev–Trinajstić information content (AvgIpc) is 2.47. The Kier molecular flexibility index (Phi) is 3.94. The lowest BCUT2D eigenvalue weighted by molar-refractivity contribution is 0.559. The van der Waals surface area contributed by atoms with Gasteiger partial charge in [-0.3, -0.25) is 0 Å². The second-order valence-corrected chi connectivity index (χ2v) is 6.31. The number of hydrogen-bond acceptors (Lipinski definition) is 4. The molecule has 3 aromatic rings. The van der Waals surface area contributed by atoms with Gasteiger partial charge in [-0.2, -0.15) is 0 Å². The predicted molar refractivity (Wildman–Crippen MR) is 92.6 cm³/mol. The molecule has 0 spiro atoms. The van der Waals surface area contributed by atoms with E-state index in [1.807, 2.05) is 26.0 Å². The molecule has 3 rings (SSSR count). The van der Waals surface area contributed by atoms with Crippen molar-refractivity contribution in [3.8, 4) is 0 Å². The van der Waals surface area contributed by atoms with E-state index in [2.05, 4.69) is 35.9 Å². The van der Waals surface area contributed by atoms with E-state index in [-0.39, 0.29) is 5.63 Å². The lowest BCUT2D eigenvalue weighted by Crippen LogP contribution is -1.99. The maximum absolute atomic E-state index is 11.5. The van der Waals surface area contributed by atoms with Crippen LogP contribution in [0.5, 0.6) is 0 Å². The molecule has 112 valence electrons. The SMILES string of the molecule is Cc1ccc(SNc2cc3c(C)cc(=O)oc3cc2C)cc1. The fourth-order valence-corrected chi connectivity index (χ4v) is 3.02. The molecule has 0 bridgehead atoms. The number of anilines is 1. The molecule has 0 saturated heterocycles. The molecule has 0 aliphatic rings. The van der Waals surface area contributed by atoms with Gasteiger partial charge in [-0.1, -0.05) is 17.7 Å². The minimum Gasteiger partial charge on any atom is -0.423 e. The number of rotatable bonds is 3. The molecule has 0 fully saturated rings. The zero-order valence-corrected chi connectivity index (χ0v) is 13.6. The molecule has 0 radical (unpaired) electrons. The normalized spacial score (nSPS) is 10.9. The monoisotopic (exact) mass is 311 g/mol. The second-order valence-electron chi connectivity index (χ2n) is 5.43. The maximum Gasteiger partial charge on any atom is 0.336 e. The first-order valence-electron chi connectivity index (χ1n) is 7.07. The molecule has 0 atom stereocenters. The van der Waals surface area contributed by atoms with Gasteiger partial charge in [-0.25, -0.2) is 4.79 Å². The van der Waals surface area contributed by atoms with Crippen molar-refractivity contribution in [1.82, 2.24) is 0 Å². The fraction of sp³-hybridized carbons (Fsp3) is 0.167. The fourth-order valence-electron chi connectivity index (χ4n) is 2.30. The van der Waals surface area contributed by atoms with E-state index in [0.29, 0.717) is 5.58 Å². The van der Waals surface area contributed by atoms with E-state index in [0.717, 1.165) is 27.1 Å². The third-order valence-corrected chi connectivity index (χ3v) is 4.43. The van der Waals surface area contributed by atoms with E-state index in [1.54, 1.807) is 11.9 Å². The summed E-state index contributed by atoms with van der Waals surface area (Å²) >= 11 is 1.57. The minimum atomic E-state index is -0.306. The van der Waals surface area contributed by atoms with E-state index in [4.69, 9.17) is 4.42 Å². The van der Waals surface area contributed by atoms with Crippen LogP contribution in [0.15, 0.2) is 56.6 Å². The first-order chi connectivity index (χ1) is 10.5. The largest absolute Gasteiger partial charge is 0.423 e. The number of hydrogen-bond donors (Lipinski definition) is 1. The molecule has 1 aromatic heterocycles. The van der Waals surface area contributed by atoms with Gasteiger partial charge in [0.1, 0.15) is 5.58 Å². The minimum absolute atomic E-state index is 0.306. The highest BCUT2D eigenvalue weighted by Crippen LogP contribution is 2.29. The van der Waals surface area contributed by atoms with Gasteiger partial charge in [0.05, 0.1) is 0 Å². The Morgan fingerprint density at radius 1 is 0.955 bits per heavy atom. The predicted octanol–water partition coefficient (Wildman–Crippen LogP) is 4.84. The third-order valence-electron chi connectivity index (χ3n) is 3.60. The van der Waals surface area contributed by atoms with Gasteiger partial charge in [0, 0.05) is 22.0 Å². The molecule has 0 saturated carbocycles. The molecule has 1 heterocycles. The summed E-state index contributed by atoms with van der Waals surface area (Å²) in [5.74, 6) is 0. The zero-order chi connectivity index (χ0) is 15.7. The van der Waals surface area contributed by atoms with Crippen molar-refractivity contribution in [2.24, 2.45) is 0 Å². The Hall–Kier alpha value is -2.20. The quantitative estimate of drug-likeness (QED) is 0.555. The van der Waals surface area contributed by atoms with E-state index < -0.39 is 0 Å². The Balaban J connectivity index is 1.92. The maximum atomic E-state index is 11.5. The average molecular weight is 311 g/mol. The van der Waals surface area contributed by atoms with Crippen molar-refractivity contribution in [2.45, 2.75) is 25.7 Å². The van der Waals surface area contributed by atoms with Crippen LogP contribution < -0.4 is 10.3 Å². The smallest absolute Gasteiger partial charge is 0.336 e. The van der Waals surface area contributed by atoms with Crippen LogP contribution in [0.3, 0.4) is 0 Å². The summed E-state index contributed by atoms with van der Waals surface area (Å²) in [7, 11) is 0. The van der Waals surface area contributed by atoms with E-state index in [9.17, 15) is 4.79 Å². The van der Waals surface area contributed by atoms with E-state index >= 15 is 0 Å². The topological polar surface area (TPSA) is 42.2 Å². The summed E-state index contributed by atoms with van der Waals surface area (Å²) in [6.07, 6.45) is 0. The van der Waals surface area contributed by atoms with Crippen LogP contribution >= 0.6 is 11.9 Å². The Morgan fingerprint density at radius 3 is 2.41 bits per heavy atom. The Bertz CT molecular complexity index is 882. The van der Waals surface area contributed by atoms with Gasteiger partial charge in [-0.15, -0.1) is 0 Å². The molecule has 0 unspecified atom stereocenters. The Labute approximate surface area is 133 Å². The lowest BCUT2D eigenvalue weighted by Gasteiger charge is -2.11. The number of benzene rings is 2. The first-order valence-corrected chi connectivity index (χ1v) is 7.89. The summed E-state index contributed by atoms with van der Waals surface area (Å²) in [5, 5.41) is 0.956. The molecule has 22 heavy (non-hydrogen) atoms. The summed E-state index contributed by atoms with van der Waals surface area (Å²) in [5.41, 5.74) is 4.56. The van der Waals surface area contributed by atoms with Gasteiger partial charge >= 0.3 is 5.63 Å². The van der Waals surface area contributed by atoms with Crippen LogP contribution in [0, 0.1) is 20.8 Å². The summed E-state index contributed by atoms with van der Waals surface area (Å²) in [4.78, 5) is 12.6. The van der Waals surface area contributed by atoms with Crippen LogP contribution in [-0.2, 0) is 0 Å². The molecular formula is C18H17NO2S. The third kappa shape index (κ3) is 3.02. The van der Waals surface area contributed by atoms with E-state index in [1.165, 1.54) is 11.6 Å². The summed E-state index contributed by atoms with van der Waals surface area (Å²) in [6, 6.07) is 13.8. The van der Waals surface area contributed by atoms with Gasteiger partial charge in [-0.05, 0) is 68.1 Å². The molecule has 3 nitrogen and oxygen atoms in total. The summed E-state index contributed by atoms with van der Waals surface area (Å²) < 4.78 is 8.64. The zero-order valence-electron chi connectivity index (χ0n) is 12.8. The highest BCUT2D eigenvalue weighted by Gasteiger charge is 2.07. The van der Waals surface area contributed by atoms with Gasteiger partial charge in [0.2, 0.25) is 0 Å². The summed E-state index contributed by atoms with van der Waals surface area (Å²) in [6.45, 7) is 6.00. The first kappa shape index (κ1) is 14.7. The molecule has 2 aromatic carbocycles. The van der Waals surface area contributed by atoms with Crippen LogP contribution in [-0.4, -0.2) is 0 Å². The molecule has 0 aliphatic heterocycles. The van der Waals surface area contributed by atoms with Crippen LogP contribution in [0.25, 0.3) is 11.0 Å². The van der Waals surface area contributed by atoms with Crippen molar-refractivity contribution in [1.29, 1.82) is 0 Å².